The summed E-state index contributed by atoms with van der Waals surface area (Å²) in [6.07, 6.45) is 24.0. The average molecular weight is 646 g/mol. The molecule has 0 radical (unpaired) electrons. The lowest BCUT2D eigenvalue weighted by Gasteiger charge is -2.33. The first-order valence-corrected chi connectivity index (χ1v) is 18.5. The molecule has 0 aromatic heterocycles. The molecule has 0 aliphatic rings. The maximum Gasteiger partial charge on any atom is 0.222 e. The molecule has 0 atom stereocenters. The highest BCUT2D eigenvalue weighted by atomic mass is 16.5. The van der Waals surface area contributed by atoms with Gasteiger partial charge in [-0.1, -0.05) is 140 Å². The summed E-state index contributed by atoms with van der Waals surface area (Å²) in [5.41, 5.74) is 2.88. The minimum Gasteiger partial charge on any atom is -0.491 e. The molecule has 0 saturated carbocycles. The van der Waals surface area contributed by atoms with Gasteiger partial charge in [0.25, 0.3) is 0 Å². The molecule has 47 heavy (non-hydrogen) atoms. The predicted octanol–water partition coefficient (Wildman–Crippen LogP) is 11.6. The van der Waals surface area contributed by atoms with Crippen LogP contribution in [0.1, 0.15) is 136 Å². The van der Waals surface area contributed by atoms with E-state index in [1.807, 2.05) is 23.1 Å². The molecular weight excluding hydrogens is 578 g/mol. The molecule has 4 nitrogen and oxygen atoms in total. The van der Waals surface area contributed by atoms with Crippen molar-refractivity contribution in [1.82, 2.24) is 4.90 Å². The van der Waals surface area contributed by atoms with E-state index in [0.29, 0.717) is 39.3 Å². The number of unbranched alkanes of at least 4 members (excludes halogenated alkanes) is 8. The standard InChI is InChI=1S/C43H67NO3/c1-7-8-9-10-11-12-13-14-15-16-17-18-19-20-24-27-41(45)44(36-38-25-22-21-23-26-38)32-33-46-34-35-47-40-30-28-39(29-31-40)43(5,6)37-42(2,3)4/h11-12,14-15,21-23,25-26,28-31H,7-10,13,16-20,24,27,32-37H2,1-6H3. The molecule has 262 valence electrons. The highest BCUT2D eigenvalue weighted by Crippen LogP contribution is 2.36. The topological polar surface area (TPSA) is 38.8 Å². The SMILES string of the molecule is CCCCCC=CCC=CCCCCCCCC(=O)N(CCOCCOc1ccc(C(C)(C)CC(C)(C)C)cc1)Cc1ccccc1. The number of ether oxygens (including phenoxy) is 2. The lowest BCUT2D eigenvalue weighted by molar-refractivity contribution is -0.132. The monoisotopic (exact) mass is 646 g/mol. The van der Waals surface area contributed by atoms with Crippen LogP contribution in [0, 0.1) is 5.41 Å². The minimum atomic E-state index is 0.116. The third-order valence-electron chi connectivity index (χ3n) is 8.52. The zero-order valence-electron chi connectivity index (χ0n) is 30.9. The number of nitrogens with zero attached hydrogens (tertiary/aromatic N) is 1. The number of hydrogen-bond acceptors (Lipinski definition) is 3. The molecular formula is C43H67NO3. The van der Waals surface area contributed by atoms with Gasteiger partial charge < -0.3 is 14.4 Å². The zero-order chi connectivity index (χ0) is 34.2. The largest absolute Gasteiger partial charge is 0.491 e. The summed E-state index contributed by atoms with van der Waals surface area (Å²) in [5, 5.41) is 0. The van der Waals surface area contributed by atoms with Crippen LogP contribution in [-0.4, -0.2) is 37.2 Å². The van der Waals surface area contributed by atoms with Crippen molar-refractivity contribution in [2.24, 2.45) is 5.41 Å². The molecule has 0 unspecified atom stereocenters. The highest BCUT2D eigenvalue weighted by molar-refractivity contribution is 5.76. The van der Waals surface area contributed by atoms with Crippen molar-refractivity contribution in [2.45, 2.75) is 137 Å². The molecule has 0 aliphatic heterocycles. The number of carbonyl (C=O) groups excluding carboxylic acids is 1. The Hall–Kier alpha value is -2.85. The highest BCUT2D eigenvalue weighted by Gasteiger charge is 2.27. The van der Waals surface area contributed by atoms with Crippen molar-refractivity contribution in [3.8, 4) is 5.75 Å². The lowest BCUT2D eigenvalue weighted by Crippen LogP contribution is -2.33. The first kappa shape index (κ1) is 40.3. The molecule has 0 saturated heterocycles. The van der Waals surface area contributed by atoms with E-state index in [1.54, 1.807) is 0 Å². The summed E-state index contributed by atoms with van der Waals surface area (Å²) in [6, 6.07) is 18.7. The second-order valence-corrected chi connectivity index (χ2v) is 14.9. The van der Waals surface area contributed by atoms with Gasteiger partial charge in [-0.25, -0.2) is 0 Å². The molecule has 0 aliphatic carbocycles. The Kier molecular flexibility index (Phi) is 20.1. The summed E-state index contributed by atoms with van der Waals surface area (Å²) in [7, 11) is 0. The molecule has 0 fully saturated rings. The Morgan fingerprint density at radius 1 is 0.723 bits per heavy atom. The number of amides is 1. The van der Waals surface area contributed by atoms with Gasteiger partial charge in [0.15, 0.2) is 0 Å². The van der Waals surface area contributed by atoms with Crippen LogP contribution in [0.15, 0.2) is 78.9 Å². The molecule has 0 bridgehead atoms. The molecule has 2 rings (SSSR count). The van der Waals surface area contributed by atoms with Gasteiger partial charge in [0, 0.05) is 19.5 Å². The van der Waals surface area contributed by atoms with Crippen LogP contribution in [0.25, 0.3) is 0 Å². The van der Waals surface area contributed by atoms with E-state index in [0.717, 1.165) is 43.4 Å². The Bertz CT molecular complexity index is 1130. The van der Waals surface area contributed by atoms with Gasteiger partial charge in [0.1, 0.15) is 12.4 Å². The normalized spacial score (nSPS) is 12.3. The van der Waals surface area contributed by atoms with E-state index in [-0.39, 0.29) is 16.7 Å². The zero-order valence-corrected chi connectivity index (χ0v) is 30.9. The van der Waals surface area contributed by atoms with E-state index in [4.69, 9.17) is 9.47 Å². The Morgan fingerprint density at radius 2 is 1.36 bits per heavy atom. The van der Waals surface area contributed by atoms with Crippen molar-refractivity contribution in [2.75, 3.05) is 26.4 Å². The smallest absolute Gasteiger partial charge is 0.222 e. The Labute approximate surface area is 289 Å². The van der Waals surface area contributed by atoms with Crippen LogP contribution in [0.2, 0.25) is 0 Å². The van der Waals surface area contributed by atoms with Gasteiger partial charge in [0.2, 0.25) is 5.91 Å². The van der Waals surface area contributed by atoms with Gasteiger partial charge in [-0.15, -0.1) is 0 Å². The predicted molar refractivity (Wildman–Crippen MR) is 201 cm³/mol. The van der Waals surface area contributed by atoms with Gasteiger partial charge in [-0.2, -0.15) is 0 Å². The number of allylic oxidation sites excluding steroid dienone is 4. The third-order valence-corrected chi connectivity index (χ3v) is 8.52. The summed E-state index contributed by atoms with van der Waals surface area (Å²) >= 11 is 0. The van der Waals surface area contributed by atoms with Gasteiger partial charge in [-0.05, 0) is 79.0 Å². The molecule has 0 heterocycles. The van der Waals surface area contributed by atoms with Crippen LogP contribution in [0.3, 0.4) is 0 Å². The number of carbonyl (C=O) groups is 1. The quantitative estimate of drug-likeness (QED) is 0.0796. The fourth-order valence-electron chi connectivity index (χ4n) is 6.27. The van der Waals surface area contributed by atoms with E-state index < -0.39 is 0 Å². The summed E-state index contributed by atoms with van der Waals surface area (Å²) in [6.45, 7) is 16.5. The van der Waals surface area contributed by atoms with Crippen LogP contribution < -0.4 is 4.74 Å². The molecule has 0 N–H and O–H groups in total. The first-order chi connectivity index (χ1) is 22.6. The number of benzene rings is 2. The summed E-state index contributed by atoms with van der Waals surface area (Å²) < 4.78 is 11.9. The van der Waals surface area contributed by atoms with Crippen LogP contribution in [-0.2, 0) is 21.5 Å². The van der Waals surface area contributed by atoms with Crippen molar-refractivity contribution < 1.29 is 14.3 Å². The molecule has 0 spiro atoms. The third kappa shape index (κ3) is 19.5. The molecule has 2 aromatic rings. The summed E-state index contributed by atoms with van der Waals surface area (Å²) in [4.78, 5) is 15.1. The number of rotatable bonds is 25. The van der Waals surface area contributed by atoms with Crippen LogP contribution in [0.5, 0.6) is 5.75 Å². The van der Waals surface area contributed by atoms with Crippen LogP contribution in [0.4, 0.5) is 0 Å². The fraction of sp³-hybridized carbons (Fsp3) is 0.605. The average Bonchev–Trinajstić information content (AvgIpc) is 3.03. The Morgan fingerprint density at radius 3 is 2.02 bits per heavy atom. The molecule has 4 heteroatoms. The summed E-state index contributed by atoms with van der Waals surface area (Å²) in [5.74, 6) is 1.08. The van der Waals surface area contributed by atoms with Crippen molar-refractivity contribution in [3.05, 3.63) is 90.0 Å². The Balaban J connectivity index is 1.64. The van der Waals surface area contributed by atoms with Gasteiger partial charge in [0.05, 0.1) is 13.2 Å². The van der Waals surface area contributed by atoms with E-state index in [9.17, 15) is 4.79 Å². The first-order valence-electron chi connectivity index (χ1n) is 18.5. The van der Waals surface area contributed by atoms with Crippen molar-refractivity contribution in [1.29, 1.82) is 0 Å². The fourth-order valence-corrected chi connectivity index (χ4v) is 6.27. The maximum atomic E-state index is 13.2. The van der Waals surface area contributed by atoms with E-state index >= 15 is 0 Å². The van der Waals surface area contributed by atoms with Crippen molar-refractivity contribution in [3.63, 3.8) is 0 Å². The van der Waals surface area contributed by atoms with Gasteiger partial charge >= 0.3 is 0 Å². The van der Waals surface area contributed by atoms with E-state index in [1.165, 1.54) is 50.5 Å². The van der Waals surface area contributed by atoms with E-state index in [2.05, 4.69) is 102 Å². The lowest BCUT2D eigenvalue weighted by atomic mass is 9.72. The second-order valence-electron chi connectivity index (χ2n) is 14.9. The maximum absolute atomic E-state index is 13.2. The molecule has 2 aromatic carbocycles. The van der Waals surface area contributed by atoms with Crippen molar-refractivity contribution >= 4 is 5.91 Å². The minimum absolute atomic E-state index is 0.116. The van der Waals surface area contributed by atoms with Gasteiger partial charge in [-0.3, -0.25) is 4.79 Å². The second kappa shape index (κ2) is 23.5. The van der Waals surface area contributed by atoms with Crippen LogP contribution >= 0.6 is 0 Å². The molecule has 1 amide bonds. The number of hydrogen-bond donors (Lipinski definition) is 0.